The molecule has 13 heavy (non-hydrogen) atoms. The van der Waals surface area contributed by atoms with Crippen molar-refractivity contribution in [2.45, 2.75) is 32.6 Å². The monoisotopic (exact) mass is 199 g/mol. The molecule has 3 heteroatoms. The third kappa shape index (κ3) is 2.80. The van der Waals surface area contributed by atoms with Crippen molar-refractivity contribution in [2.75, 3.05) is 12.0 Å². The van der Waals surface area contributed by atoms with E-state index in [0.717, 1.165) is 25.7 Å². The first-order valence-electron chi connectivity index (χ1n) is 4.79. The average molecular weight is 199 g/mol. The van der Waals surface area contributed by atoms with Gasteiger partial charge in [-0.3, -0.25) is 4.21 Å². The minimum absolute atomic E-state index is 0.148. The van der Waals surface area contributed by atoms with E-state index in [2.05, 4.69) is 13.0 Å². The van der Waals surface area contributed by atoms with E-state index in [0.29, 0.717) is 11.7 Å². The Bertz CT molecular complexity index is 246. The molecule has 1 aliphatic carbocycles. The fourth-order valence-corrected chi connectivity index (χ4v) is 2.80. The zero-order valence-electron chi connectivity index (χ0n) is 8.38. The van der Waals surface area contributed by atoms with Crippen molar-refractivity contribution >= 4 is 10.8 Å². The van der Waals surface area contributed by atoms with E-state index < -0.39 is 10.8 Å². The maximum absolute atomic E-state index is 10.9. The Balaban J connectivity index is 2.52. The molecular formula is C10H17NOS. The first-order valence-corrected chi connectivity index (χ1v) is 6.52. The summed E-state index contributed by atoms with van der Waals surface area (Å²) >= 11 is 0. The lowest BCUT2D eigenvalue weighted by Gasteiger charge is -2.19. The molecule has 2 nitrogen and oxygen atoms in total. The van der Waals surface area contributed by atoms with Crippen LogP contribution in [0, 0.1) is 22.7 Å². The molecule has 0 aliphatic heterocycles. The number of nitrogens with zero attached hydrogens (tertiary/aromatic N) is 1. The summed E-state index contributed by atoms with van der Waals surface area (Å²) in [5.41, 5.74) is -0.148. The quantitative estimate of drug-likeness (QED) is 0.698. The van der Waals surface area contributed by atoms with Crippen molar-refractivity contribution < 1.29 is 4.21 Å². The van der Waals surface area contributed by atoms with Gasteiger partial charge in [-0.25, -0.2) is 0 Å². The van der Waals surface area contributed by atoms with Crippen molar-refractivity contribution in [3.05, 3.63) is 0 Å². The zero-order valence-corrected chi connectivity index (χ0v) is 9.19. The van der Waals surface area contributed by atoms with Gasteiger partial charge in [0.15, 0.2) is 0 Å². The van der Waals surface area contributed by atoms with Gasteiger partial charge in [-0.2, -0.15) is 5.26 Å². The van der Waals surface area contributed by atoms with Crippen molar-refractivity contribution in [1.29, 1.82) is 5.26 Å². The van der Waals surface area contributed by atoms with Gasteiger partial charge in [0.25, 0.3) is 0 Å². The minimum Gasteiger partial charge on any atom is -0.260 e. The van der Waals surface area contributed by atoms with Crippen LogP contribution in [0.4, 0.5) is 0 Å². The second kappa shape index (κ2) is 4.23. The number of hydrogen-bond acceptors (Lipinski definition) is 2. The maximum atomic E-state index is 10.9. The van der Waals surface area contributed by atoms with E-state index in [4.69, 9.17) is 5.26 Å². The fraction of sp³-hybridized carbons (Fsp3) is 0.900. The van der Waals surface area contributed by atoms with Gasteiger partial charge in [-0.05, 0) is 31.6 Å². The average Bonchev–Trinajstić information content (AvgIpc) is 2.45. The normalized spacial score (nSPS) is 35.6. The first-order chi connectivity index (χ1) is 6.08. The van der Waals surface area contributed by atoms with Crippen molar-refractivity contribution in [2.24, 2.45) is 11.3 Å². The summed E-state index contributed by atoms with van der Waals surface area (Å²) in [6.45, 7) is 2.20. The maximum Gasteiger partial charge on any atom is 0.0690 e. The van der Waals surface area contributed by atoms with Crippen LogP contribution in [-0.2, 0) is 10.8 Å². The van der Waals surface area contributed by atoms with E-state index in [1.54, 1.807) is 6.26 Å². The van der Waals surface area contributed by atoms with Crippen LogP contribution in [0.15, 0.2) is 0 Å². The Kier molecular flexibility index (Phi) is 3.49. The molecule has 1 saturated carbocycles. The topological polar surface area (TPSA) is 40.9 Å². The largest absolute Gasteiger partial charge is 0.260 e. The molecule has 0 spiro atoms. The summed E-state index contributed by atoms with van der Waals surface area (Å²) in [6.07, 6.45) is 5.69. The molecule has 0 radical (unpaired) electrons. The predicted molar refractivity (Wildman–Crippen MR) is 54.6 cm³/mol. The van der Waals surface area contributed by atoms with Crippen LogP contribution in [0.2, 0.25) is 0 Å². The molecule has 3 unspecified atom stereocenters. The van der Waals surface area contributed by atoms with Gasteiger partial charge in [0.05, 0.1) is 11.5 Å². The molecule has 0 aromatic heterocycles. The van der Waals surface area contributed by atoms with Gasteiger partial charge in [-0.1, -0.05) is 6.92 Å². The molecule has 74 valence electrons. The highest BCUT2D eigenvalue weighted by atomic mass is 32.2. The van der Waals surface area contributed by atoms with Crippen LogP contribution in [0.25, 0.3) is 0 Å². The third-order valence-corrected chi connectivity index (χ3v) is 3.74. The Morgan fingerprint density at radius 1 is 1.69 bits per heavy atom. The van der Waals surface area contributed by atoms with Crippen LogP contribution < -0.4 is 0 Å². The predicted octanol–water partition coefficient (Wildman–Crippen LogP) is 2.08. The molecule has 1 aliphatic rings. The van der Waals surface area contributed by atoms with Gasteiger partial charge in [-0.15, -0.1) is 0 Å². The van der Waals surface area contributed by atoms with Gasteiger partial charge in [0.1, 0.15) is 0 Å². The number of hydrogen-bond donors (Lipinski definition) is 0. The summed E-state index contributed by atoms with van der Waals surface area (Å²) in [4.78, 5) is 0. The summed E-state index contributed by atoms with van der Waals surface area (Å²) in [6, 6.07) is 2.43. The Labute approximate surface area is 82.8 Å². The van der Waals surface area contributed by atoms with Crippen LogP contribution in [0.1, 0.15) is 32.6 Å². The van der Waals surface area contributed by atoms with E-state index in [1.165, 1.54) is 0 Å². The fourth-order valence-electron chi connectivity index (χ4n) is 2.12. The van der Waals surface area contributed by atoms with Crippen LogP contribution in [0.3, 0.4) is 0 Å². The first kappa shape index (κ1) is 10.7. The smallest absolute Gasteiger partial charge is 0.0690 e. The van der Waals surface area contributed by atoms with Crippen molar-refractivity contribution in [3.63, 3.8) is 0 Å². The Morgan fingerprint density at radius 2 is 2.38 bits per heavy atom. The highest BCUT2D eigenvalue weighted by Crippen LogP contribution is 2.43. The van der Waals surface area contributed by atoms with Crippen LogP contribution in [0.5, 0.6) is 0 Å². The molecule has 0 bridgehead atoms. The van der Waals surface area contributed by atoms with Crippen molar-refractivity contribution in [1.82, 2.24) is 0 Å². The Morgan fingerprint density at radius 3 is 2.77 bits per heavy atom. The zero-order chi connectivity index (χ0) is 9.90. The standard InChI is InChI=1S/C10H17NOS/c1-9-3-4-10(7-9,8-11)5-6-13(2)12/h9H,3-7H2,1-2H3. The molecule has 1 rings (SSSR count). The molecule has 0 N–H and O–H groups in total. The van der Waals surface area contributed by atoms with Gasteiger partial charge < -0.3 is 0 Å². The van der Waals surface area contributed by atoms with E-state index >= 15 is 0 Å². The van der Waals surface area contributed by atoms with E-state index in [-0.39, 0.29) is 5.41 Å². The summed E-state index contributed by atoms with van der Waals surface area (Å²) < 4.78 is 10.9. The number of nitriles is 1. The summed E-state index contributed by atoms with van der Waals surface area (Å²) in [5, 5.41) is 9.10. The highest BCUT2D eigenvalue weighted by molar-refractivity contribution is 7.84. The second-order valence-electron chi connectivity index (χ2n) is 4.27. The van der Waals surface area contributed by atoms with E-state index in [9.17, 15) is 4.21 Å². The van der Waals surface area contributed by atoms with Gasteiger partial charge >= 0.3 is 0 Å². The third-order valence-electron chi connectivity index (χ3n) is 2.96. The molecule has 0 heterocycles. The molecular weight excluding hydrogens is 182 g/mol. The molecule has 1 fully saturated rings. The number of rotatable bonds is 3. The lowest BCUT2D eigenvalue weighted by Crippen LogP contribution is -2.17. The minimum atomic E-state index is -0.751. The SMILES string of the molecule is CC1CCC(C#N)(CCS(C)=O)C1. The molecule has 0 amide bonds. The van der Waals surface area contributed by atoms with Crippen molar-refractivity contribution in [3.8, 4) is 6.07 Å². The molecule has 0 aromatic rings. The Hall–Kier alpha value is -0.360. The van der Waals surface area contributed by atoms with E-state index in [1.807, 2.05) is 0 Å². The van der Waals surface area contributed by atoms with Gasteiger partial charge in [0, 0.05) is 22.8 Å². The summed E-state index contributed by atoms with van der Waals surface area (Å²) in [7, 11) is -0.751. The van der Waals surface area contributed by atoms with Crippen LogP contribution >= 0.6 is 0 Å². The lowest BCUT2D eigenvalue weighted by molar-refractivity contribution is 0.382. The van der Waals surface area contributed by atoms with Crippen LogP contribution in [-0.4, -0.2) is 16.2 Å². The molecule has 3 atom stereocenters. The molecule has 0 saturated heterocycles. The molecule has 0 aromatic carbocycles. The van der Waals surface area contributed by atoms with Gasteiger partial charge in [0.2, 0.25) is 0 Å². The lowest BCUT2D eigenvalue weighted by atomic mass is 9.84. The highest BCUT2D eigenvalue weighted by Gasteiger charge is 2.37. The summed E-state index contributed by atoms with van der Waals surface area (Å²) in [5.74, 6) is 1.35. The second-order valence-corrected chi connectivity index (χ2v) is 5.82.